The fraction of sp³-hybridized carbons (Fsp3) is 0.571. The maximum atomic E-state index is 4.23. The average molecular weight is 215 g/mol. The standard InChI is InChI=1S/C7H12BBrN2/c1-3-8(4-2)11-6-7(9)5-10-11/h5-6H,3-4H2,1-2H3. The van der Waals surface area contributed by atoms with Gasteiger partial charge in [0.25, 0.3) is 6.85 Å². The van der Waals surface area contributed by atoms with Crippen molar-refractivity contribution in [3.05, 3.63) is 16.9 Å². The van der Waals surface area contributed by atoms with E-state index in [-0.39, 0.29) is 0 Å². The summed E-state index contributed by atoms with van der Waals surface area (Å²) in [6.07, 6.45) is 6.14. The Labute approximate surface area is 76.2 Å². The van der Waals surface area contributed by atoms with E-state index in [1.165, 1.54) is 0 Å². The van der Waals surface area contributed by atoms with Gasteiger partial charge in [-0.25, -0.2) is 0 Å². The van der Waals surface area contributed by atoms with Crippen LogP contribution < -0.4 is 0 Å². The smallest absolute Gasteiger partial charge is 0.283 e. The second-order valence-electron chi connectivity index (χ2n) is 2.61. The highest BCUT2D eigenvalue weighted by molar-refractivity contribution is 9.10. The van der Waals surface area contributed by atoms with Crippen LogP contribution in [-0.4, -0.2) is 16.5 Å². The quantitative estimate of drug-likeness (QED) is 0.708. The van der Waals surface area contributed by atoms with Gasteiger partial charge in [0, 0.05) is 6.20 Å². The number of rotatable bonds is 3. The number of hydrogen-bond donors (Lipinski definition) is 0. The summed E-state index contributed by atoms with van der Waals surface area (Å²) < 4.78 is 3.08. The Morgan fingerprint density at radius 2 is 2.18 bits per heavy atom. The van der Waals surface area contributed by atoms with E-state index >= 15 is 0 Å². The summed E-state index contributed by atoms with van der Waals surface area (Å²) in [5.41, 5.74) is 0. The van der Waals surface area contributed by atoms with Gasteiger partial charge in [-0.05, 0) is 15.9 Å². The highest BCUT2D eigenvalue weighted by Crippen LogP contribution is 2.09. The van der Waals surface area contributed by atoms with Crippen LogP contribution >= 0.6 is 15.9 Å². The largest absolute Gasteiger partial charge is 0.316 e. The Balaban J connectivity index is 2.73. The van der Waals surface area contributed by atoms with Crippen LogP contribution in [0.1, 0.15) is 13.8 Å². The maximum Gasteiger partial charge on any atom is 0.283 e. The molecule has 60 valence electrons. The van der Waals surface area contributed by atoms with Crippen LogP contribution in [0, 0.1) is 0 Å². The van der Waals surface area contributed by atoms with E-state index < -0.39 is 0 Å². The van der Waals surface area contributed by atoms with Crippen LogP contribution in [0.25, 0.3) is 0 Å². The Morgan fingerprint density at radius 1 is 1.55 bits per heavy atom. The van der Waals surface area contributed by atoms with E-state index in [2.05, 4.69) is 34.9 Å². The molecule has 1 rings (SSSR count). The Hall–Kier alpha value is -0.245. The first-order chi connectivity index (χ1) is 5.27. The zero-order valence-electron chi connectivity index (χ0n) is 6.92. The van der Waals surface area contributed by atoms with E-state index in [0.717, 1.165) is 17.1 Å². The van der Waals surface area contributed by atoms with Crippen molar-refractivity contribution in [2.75, 3.05) is 0 Å². The fourth-order valence-electron chi connectivity index (χ4n) is 1.18. The molecule has 2 nitrogen and oxygen atoms in total. The second-order valence-corrected chi connectivity index (χ2v) is 3.52. The zero-order chi connectivity index (χ0) is 8.27. The summed E-state index contributed by atoms with van der Waals surface area (Å²) in [5, 5.41) is 4.23. The van der Waals surface area contributed by atoms with Crippen molar-refractivity contribution in [3.63, 3.8) is 0 Å². The maximum absolute atomic E-state index is 4.23. The molecule has 0 aliphatic heterocycles. The molecule has 0 aliphatic rings. The molecule has 0 spiro atoms. The lowest BCUT2D eigenvalue weighted by Gasteiger charge is -2.06. The Morgan fingerprint density at radius 3 is 2.55 bits per heavy atom. The molecule has 0 unspecified atom stereocenters. The normalized spacial score (nSPS) is 10.1. The highest BCUT2D eigenvalue weighted by Gasteiger charge is 2.11. The minimum absolute atomic E-state index is 0.557. The third-order valence-corrected chi connectivity index (χ3v) is 2.30. The van der Waals surface area contributed by atoms with Crippen molar-refractivity contribution in [2.24, 2.45) is 0 Å². The molecule has 0 aliphatic carbocycles. The van der Waals surface area contributed by atoms with Gasteiger partial charge in [-0.3, -0.25) is 0 Å². The number of halogens is 1. The van der Waals surface area contributed by atoms with Crippen molar-refractivity contribution in [2.45, 2.75) is 26.5 Å². The molecule has 0 saturated heterocycles. The first kappa shape index (κ1) is 8.85. The van der Waals surface area contributed by atoms with Crippen LogP contribution in [0.15, 0.2) is 16.9 Å². The molecule has 0 bridgehead atoms. The zero-order valence-corrected chi connectivity index (χ0v) is 8.50. The van der Waals surface area contributed by atoms with Gasteiger partial charge in [-0.2, -0.15) is 5.10 Å². The van der Waals surface area contributed by atoms with Crippen LogP contribution in [-0.2, 0) is 0 Å². The predicted octanol–water partition coefficient (Wildman–Crippen LogP) is 2.53. The van der Waals surface area contributed by atoms with Gasteiger partial charge >= 0.3 is 0 Å². The van der Waals surface area contributed by atoms with Crippen LogP contribution in [0.5, 0.6) is 0 Å². The minimum Gasteiger partial charge on any atom is -0.316 e. The SMILES string of the molecule is CCB(CC)n1cc(Br)cn1. The van der Waals surface area contributed by atoms with Crippen LogP contribution in [0.4, 0.5) is 0 Å². The molecule has 1 heterocycles. The van der Waals surface area contributed by atoms with Gasteiger partial charge in [-0.1, -0.05) is 26.5 Å². The molecule has 4 heteroatoms. The highest BCUT2D eigenvalue weighted by atomic mass is 79.9. The summed E-state index contributed by atoms with van der Waals surface area (Å²) in [5.74, 6) is 0. The number of hydrogen-bond acceptors (Lipinski definition) is 1. The van der Waals surface area contributed by atoms with Gasteiger partial charge in [-0.15, -0.1) is 0 Å². The molecule has 0 fully saturated rings. The molecule has 11 heavy (non-hydrogen) atoms. The molecule has 0 N–H and O–H groups in total. The molecular weight excluding hydrogens is 203 g/mol. The predicted molar refractivity (Wildman–Crippen MR) is 52.0 cm³/mol. The average Bonchev–Trinajstić information content (AvgIpc) is 2.39. The van der Waals surface area contributed by atoms with Crippen molar-refractivity contribution in [1.82, 2.24) is 9.69 Å². The summed E-state index contributed by atoms with van der Waals surface area (Å²) in [6.45, 7) is 4.93. The van der Waals surface area contributed by atoms with Crippen molar-refractivity contribution >= 4 is 22.8 Å². The van der Waals surface area contributed by atoms with E-state index in [9.17, 15) is 0 Å². The molecule has 0 saturated carbocycles. The first-order valence-corrected chi connectivity index (χ1v) is 4.76. The monoisotopic (exact) mass is 214 g/mol. The van der Waals surface area contributed by atoms with E-state index in [0.29, 0.717) is 6.85 Å². The van der Waals surface area contributed by atoms with Crippen molar-refractivity contribution < 1.29 is 0 Å². The van der Waals surface area contributed by atoms with Gasteiger partial charge in [0.1, 0.15) is 0 Å². The lowest BCUT2D eigenvalue weighted by molar-refractivity contribution is 0.930. The molecule has 0 aromatic carbocycles. The van der Waals surface area contributed by atoms with Crippen molar-refractivity contribution in [1.29, 1.82) is 0 Å². The van der Waals surface area contributed by atoms with E-state index in [1.807, 2.05) is 17.0 Å². The second kappa shape index (κ2) is 3.95. The third-order valence-electron chi connectivity index (χ3n) is 1.89. The van der Waals surface area contributed by atoms with Gasteiger partial charge in [0.05, 0.1) is 10.7 Å². The lowest BCUT2D eigenvalue weighted by atomic mass is 9.57. The van der Waals surface area contributed by atoms with Gasteiger partial charge in [0.15, 0.2) is 0 Å². The van der Waals surface area contributed by atoms with E-state index in [4.69, 9.17) is 0 Å². The summed E-state index contributed by atoms with van der Waals surface area (Å²) in [7, 11) is 0. The van der Waals surface area contributed by atoms with Crippen molar-refractivity contribution in [3.8, 4) is 0 Å². The molecule has 0 amide bonds. The summed E-state index contributed by atoms with van der Waals surface area (Å²) in [4.78, 5) is 0. The Bertz CT molecular complexity index is 220. The summed E-state index contributed by atoms with van der Waals surface area (Å²) in [6, 6.07) is 0. The molecule has 0 radical (unpaired) electrons. The van der Waals surface area contributed by atoms with Crippen LogP contribution in [0.3, 0.4) is 0 Å². The Kier molecular flexibility index (Phi) is 3.18. The van der Waals surface area contributed by atoms with Crippen LogP contribution in [0.2, 0.25) is 12.6 Å². The molecule has 1 aromatic rings. The molecule has 0 atom stereocenters. The van der Waals surface area contributed by atoms with Gasteiger partial charge < -0.3 is 4.59 Å². The van der Waals surface area contributed by atoms with E-state index in [1.54, 1.807) is 0 Å². The first-order valence-electron chi connectivity index (χ1n) is 3.97. The van der Waals surface area contributed by atoms with Gasteiger partial charge in [0.2, 0.25) is 0 Å². The lowest BCUT2D eigenvalue weighted by Crippen LogP contribution is -2.22. The summed E-state index contributed by atoms with van der Waals surface area (Å²) >= 11 is 3.38. The molecule has 1 aromatic heterocycles. The third kappa shape index (κ3) is 2.09. The number of aromatic nitrogens is 2. The fourth-order valence-corrected chi connectivity index (χ4v) is 1.48. The topological polar surface area (TPSA) is 17.8 Å². The molecular formula is C7H12BBrN2. The number of nitrogens with zero attached hydrogens (tertiary/aromatic N) is 2. The minimum atomic E-state index is 0.557.